The van der Waals surface area contributed by atoms with Gasteiger partial charge in [0.25, 0.3) is 0 Å². The molecule has 4 rings (SSSR count). The van der Waals surface area contributed by atoms with Crippen LogP contribution in [0, 0.1) is 11.8 Å². The molecule has 0 saturated heterocycles. The summed E-state index contributed by atoms with van der Waals surface area (Å²) in [5, 5.41) is 10.2. The predicted octanol–water partition coefficient (Wildman–Crippen LogP) is 2.48. The van der Waals surface area contributed by atoms with Gasteiger partial charge in [0, 0.05) is 11.3 Å². The molecule has 2 heteroatoms. The molecule has 1 N–H and O–H groups in total. The number of allylic oxidation sites excluding steroid dienone is 3. The lowest BCUT2D eigenvalue weighted by Gasteiger charge is -2.50. The second-order valence-electron chi connectivity index (χ2n) is 5.94. The molecule has 1 fully saturated rings. The molecule has 0 radical (unpaired) electrons. The van der Waals surface area contributed by atoms with Gasteiger partial charge in [-0.15, -0.1) is 0 Å². The third kappa shape index (κ3) is 1.38. The van der Waals surface area contributed by atoms with Gasteiger partial charge in [-0.3, -0.25) is 4.79 Å². The number of aliphatic hydroxyl groups excluding tert-OH is 1. The van der Waals surface area contributed by atoms with Crippen molar-refractivity contribution in [3.8, 4) is 0 Å². The van der Waals surface area contributed by atoms with E-state index in [1.54, 1.807) is 6.08 Å². The first kappa shape index (κ1) is 11.2. The number of carbonyl (C=O) groups is 1. The lowest BCUT2D eigenvalue weighted by molar-refractivity contribution is -0.126. The normalized spacial score (nSPS) is 38.8. The summed E-state index contributed by atoms with van der Waals surface area (Å²) >= 11 is 0. The average Bonchev–Trinajstić information content (AvgIpc) is 2.44. The third-order valence-electron chi connectivity index (χ3n) is 5.06. The Morgan fingerprint density at radius 1 is 1.21 bits per heavy atom. The summed E-state index contributed by atoms with van der Waals surface area (Å²) in [4.78, 5) is 11.9. The smallest absolute Gasteiger partial charge is 0.161 e. The molecular formula is C17H16O2. The fraction of sp³-hybridized carbons (Fsp3) is 0.353. The maximum atomic E-state index is 11.9. The predicted molar refractivity (Wildman–Crippen MR) is 73.5 cm³/mol. The second kappa shape index (κ2) is 3.67. The van der Waals surface area contributed by atoms with Crippen LogP contribution >= 0.6 is 0 Å². The van der Waals surface area contributed by atoms with Crippen LogP contribution in [-0.4, -0.2) is 17.0 Å². The molecule has 3 aliphatic carbocycles. The van der Waals surface area contributed by atoms with Crippen molar-refractivity contribution in [2.45, 2.75) is 24.4 Å². The van der Waals surface area contributed by atoms with Crippen LogP contribution in [0.1, 0.15) is 24.0 Å². The summed E-state index contributed by atoms with van der Waals surface area (Å²) in [6.07, 6.45) is 9.08. The van der Waals surface area contributed by atoms with Crippen molar-refractivity contribution in [1.82, 2.24) is 0 Å². The molecule has 2 nitrogen and oxygen atoms in total. The Bertz CT molecular complexity index is 613. The molecule has 2 unspecified atom stereocenters. The zero-order chi connectivity index (χ0) is 13.0. The van der Waals surface area contributed by atoms with Crippen LogP contribution in [0.3, 0.4) is 0 Å². The van der Waals surface area contributed by atoms with E-state index in [-0.39, 0.29) is 17.1 Å². The van der Waals surface area contributed by atoms with Crippen molar-refractivity contribution in [1.29, 1.82) is 0 Å². The molecule has 1 aromatic rings. The largest absolute Gasteiger partial charge is 0.392 e. The van der Waals surface area contributed by atoms with Crippen LogP contribution in [0.5, 0.6) is 0 Å². The number of rotatable bonds is 0. The molecule has 4 atom stereocenters. The number of aliphatic hydroxyl groups is 1. The van der Waals surface area contributed by atoms with E-state index in [0.29, 0.717) is 12.3 Å². The summed E-state index contributed by atoms with van der Waals surface area (Å²) in [5.41, 5.74) is 2.47. The first-order valence-electron chi connectivity index (χ1n) is 6.89. The maximum absolute atomic E-state index is 11.9. The summed E-state index contributed by atoms with van der Waals surface area (Å²) in [6.45, 7) is 0. The van der Waals surface area contributed by atoms with Gasteiger partial charge >= 0.3 is 0 Å². The van der Waals surface area contributed by atoms with Crippen molar-refractivity contribution in [3.05, 3.63) is 53.6 Å². The Morgan fingerprint density at radius 3 is 2.95 bits per heavy atom. The Labute approximate surface area is 112 Å². The SMILES string of the molecule is O=C1C=C[C@@]23CC1C(O)C[C@H]2C=Cc1ccccc13. The molecular weight excluding hydrogens is 236 g/mol. The van der Waals surface area contributed by atoms with Crippen LogP contribution < -0.4 is 0 Å². The highest BCUT2D eigenvalue weighted by molar-refractivity contribution is 5.94. The van der Waals surface area contributed by atoms with Crippen LogP contribution in [0.25, 0.3) is 6.08 Å². The fourth-order valence-electron chi connectivity index (χ4n) is 4.06. The molecule has 2 bridgehead atoms. The minimum atomic E-state index is -0.495. The Kier molecular flexibility index (Phi) is 2.16. The van der Waals surface area contributed by atoms with Crippen molar-refractivity contribution in [2.24, 2.45) is 11.8 Å². The summed E-state index contributed by atoms with van der Waals surface area (Å²) in [7, 11) is 0. The molecule has 1 aromatic carbocycles. The second-order valence-corrected chi connectivity index (χ2v) is 5.94. The molecule has 0 aromatic heterocycles. The van der Waals surface area contributed by atoms with Crippen LogP contribution in [0.2, 0.25) is 0 Å². The molecule has 19 heavy (non-hydrogen) atoms. The van der Waals surface area contributed by atoms with Gasteiger partial charge in [0.2, 0.25) is 0 Å². The first-order chi connectivity index (χ1) is 9.21. The molecule has 0 aliphatic heterocycles. The van der Waals surface area contributed by atoms with Gasteiger partial charge in [0.1, 0.15) is 0 Å². The van der Waals surface area contributed by atoms with E-state index in [1.807, 2.05) is 6.07 Å². The minimum absolute atomic E-state index is 0.0802. The number of hydrogen-bond donors (Lipinski definition) is 1. The van der Waals surface area contributed by atoms with E-state index >= 15 is 0 Å². The zero-order valence-corrected chi connectivity index (χ0v) is 10.6. The van der Waals surface area contributed by atoms with Gasteiger partial charge in [-0.05, 0) is 36.0 Å². The molecule has 0 heterocycles. The Balaban J connectivity index is 1.94. The van der Waals surface area contributed by atoms with E-state index in [0.717, 1.165) is 6.42 Å². The summed E-state index contributed by atoms with van der Waals surface area (Å²) < 4.78 is 0. The Hall–Kier alpha value is -1.67. The van der Waals surface area contributed by atoms with Gasteiger partial charge in [-0.2, -0.15) is 0 Å². The average molecular weight is 252 g/mol. The van der Waals surface area contributed by atoms with Crippen LogP contribution in [-0.2, 0) is 10.2 Å². The Morgan fingerprint density at radius 2 is 2.05 bits per heavy atom. The molecule has 96 valence electrons. The molecule has 1 spiro atoms. The quantitative estimate of drug-likeness (QED) is 0.770. The maximum Gasteiger partial charge on any atom is 0.161 e. The van der Waals surface area contributed by atoms with Gasteiger partial charge in [-0.1, -0.05) is 42.5 Å². The molecule has 3 aliphatic rings. The standard InChI is InChI=1S/C17H16O2/c18-15-7-8-17-10-13(15)16(19)9-12(17)6-5-11-3-1-2-4-14(11)17/h1-8,12-13,16,19H,9-10H2/t12-,13?,16?,17-/m1/s1. The molecule has 0 amide bonds. The lowest BCUT2D eigenvalue weighted by atomic mass is 9.54. The number of ketones is 1. The van der Waals surface area contributed by atoms with Gasteiger partial charge in [0.15, 0.2) is 5.78 Å². The summed E-state index contributed by atoms with van der Waals surface area (Å²) in [6, 6.07) is 8.41. The third-order valence-corrected chi connectivity index (χ3v) is 5.06. The lowest BCUT2D eigenvalue weighted by Crippen LogP contribution is -2.50. The van der Waals surface area contributed by atoms with Crippen LogP contribution in [0.15, 0.2) is 42.5 Å². The highest BCUT2D eigenvalue weighted by atomic mass is 16.3. The van der Waals surface area contributed by atoms with E-state index in [9.17, 15) is 9.90 Å². The highest BCUT2D eigenvalue weighted by Crippen LogP contribution is 2.53. The first-order valence-corrected chi connectivity index (χ1v) is 6.89. The number of hydrogen-bond acceptors (Lipinski definition) is 2. The van der Waals surface area contributed by atoms with Gasteiger partial charge in [0.05, 0.1) is 6.10 Å². The monoisotopic (exact) mass is 252 g/mol. The summed E-state index contributed by atoms with van der Waals surface area (Å²) in [5.74, 6) is 0.169. The van der Waals surface area contributed by atoms with Crippen molar-refractivity contribution in [2.75, 3.05) is 0 Å². The van der Waals surface area contributed by atoms with Gasteiger partial charge in [-0.25, -0.2) is 0 Å². The molecule has 1 saturated carbocycles. The van der Waals surface area contributed by atoms with Gasteiger partial charge < -0.3 is 5.11 Å². The number of fused-ring (bicyclic) bond motifs is 2. The van der Waals surface area contributed by atoms with Crippen molar-refractivity contribution >= 4 is 11.9 Å². The number of benzene rings is 1. The van der Waals surface area contributed by atoms with Crippen molar-refractivity contribution in [3.63, 3.8) is 0 Å². The van der Waals surface area contributed by atoms with Crippen molar-refractivity contribution < 1.29 is 9.90 Å². The zero-order valence-electron chi connectivity index (χ0n) is 10.6. The fourth-order valence-corrected chi connectivity index (χ4v) is 4.06. The van der Waals surface area contributed by atoms with E-state index in [2.05, 4.69) is 36.4 Å². The van der Waals surface area contributed by atoms with E-state index in [4.69, 9.17) is 0 Å². The van der Waals surface area contributed by atoms with Crippen LogP contribution in [0.4, 0.5) is 0 Å². The topological polar surface area (TPSA) is 37.3 Å². The highest BCUT2D eigenvalue weighted by Gasteiger charge is 2.51. The van der Waals surface area contributed by atoms with E-state index in [1.165, 1.54) is 11.1 Å². The number of carbonyl (C=O) groups excluding carboxylic acids is 1. The minimum Gasteiger partial charge on any atom is -0.392 e. The van der Waals surface area contributed by atoms with E-state index < -0.39 is 6.10 Å².